The quantitative estimate of drug-likeness (QED) is 0.501. The minimum Gasteiger partial charge on any atom is -0.394 e. The summed E-state index contributed by atoms with van der Waals surface area (Å²) in [6, 6.07) is 0. The minimum atomic E-state index is -0.476. The summed E-state index contributed by atoms with van der Waals surface area (Å²) in [5, 5.41) is 21.3. The van der Waals surface area contributed by atoms with Gasteiger partial charge in [-0.05, 0) is 12.7 Å². The fourth-order valence-electron chi connectivity index (χ4n) is 0.929. The van der Waals surface area contributed by atoms with E-state index < -0.39 is 5.54 Å². The molecule has 0 aliphatic rings. The maximum atomic E-state index is 9.05. The minimum absolute atomic E-state index is 0.00557. The topological polar surface area (TPSA) is 52.5 Å². The van der Waals surface area contributed by atoms with E-state index in [4.69, 9.17) is 10.2 Å². The predicted molar refractivity (Wildman–Crippen MR) is 53.6 cm³/mol. The van der Waals surface area contributed by atoms with E-state index in [0.29, 0.717) is 0 Å². The number of aliphatic hydroxyl groups is 2. The number of rotatable bonds is 7. The third-order valence-electron chi connectivity index (χ3n) is 2.09. The Hall–Kier alpha value is 0.230. The van der Waals surface area contributed by atoms with Crippen molar-refractivity contribution in [3.8, 4) is 0 Å². The van der Waals surface area contributed by atoms with Gasteiger partial charge in [-0.1, -0.05) is 6.92 Å². The average Bonchev–Trinajstić information content (AvgIpc) is 2.14. The predicted octanol–water partition coefficient (Wildman–Crippen LogP) is 0.0724. The lowest BCUT2D eigenvalue weighted by atomic mass is 9.99. The summed E-state index contributed by atoms with van der Waals surface area (Å²) in [6.07, 6.45) is 2.78. The number of nitrogens with one attached hydrogen (secondary N) is 1. The lowest BCUT2D eigenvalue weighted by Crippen LogP contribution is -2.51. The van der Waals surface area contributed by atoms with Gasteiger partial charge in [0, 0.05) is 12.3 Å². The Morgan fingerprint density at radius 3 is 2.25 bits per heavy atom. The summed E-state index contributed by atoms with van der Waals surface area (Å²) in [6.45, 7) is 2.78. The van der Waals surface area contributed by atoms with Crippen LogP contribution in [0.2, 0.25) is 0 Å². The largest absolute Gasteiger partial charge is 0.394 e. The van der Waals surface area contributed by atoms with E-state index in [0.717, 1.165) is 18.7 Å². The molecule has 0 aliphatic carbocycles. The van der Waals surface area contributed by atoms with Crippen molar-refractivity contribution in [3.05, 3.63) is 0 Å². The highest BCUT2D eigenvalue weighted by Crippen LogP contribution is 2.07. The fraction of sp³-hybridized carbons (Fsp3) is 1.00. The molecule has 0 amide bonds. The van der Waals surface area contributed by atoms with Crippen LogP contribution in [0.25, 0.3) is 0 Å². The second kappa shape index (κ2) is 6.71. The van der Waals surface area contributed by atoms with Gasteiger partial charge in [-0.25, -0.2) is 0 Å². The summed E-state index contributed by atoms with van der Waals surface area (Å²) in [5.74, 6) is 1.00. The van der Waals surface area contributed by atoms with Gasteiger partial charge in [0.25, 0.3) is 0 Å². The maximum Gasteiger partial charge on any atom is 0.0645 e. The van der Waals surface area contributed by atoms with Gasteiger partial charge in [0.15, 0.2) is 0 Å². The molecule has 0 radical (unpaired) electrons. The van der Waals surface area contributed by atoms with Crippen LogP contribution in [0, 0.1) is 0 Å². The first kappa shape index (κ1) is 12.2. The van der Waals surface area contributed by atoms with E-state index in [1.807, 2.05) is 13.2 Å². The second-order valence-electron chi connectivity index (χ2n) is 2.87. The van der Waals surface area contributed by atoms with Crippen molar-refractivity contribution >= 4 is 11.8 Å². The Bertz CT molecular complexity index is 99.0. The molecule has 0 spiro atoms. The molecule has 0 aromatic carbocycles. The van der Waals surface area contributed by atoms with E-state index >= 15 is 0 Å². The summed E-state index contributed by atoms with van der Waals surface area (Å²) in [4.78, 5) is 0. The molecule has 0 heterocycles. The maximum absolute atomic E-state index is 9.05. The molecular formula is C8H19NO2S. The van der Waals surface area contributed by atoms with E-state index in [2.05, 4.69) is 5.32 Å². The first-order valence-corrected chi connectivity index (χ1v) is 5.59. The van der Waals surface area contributed by atoms with Crippen LogP contribution in [-0.4, -0.2) is 47.5 Å². The molecule has 0 fully saturated rings. The first-order valence-electron chi connectivity index (χ1n) is 4.20. The summed E-state index contributed by atoms with van der Waals surface area (Å²) in [7, 11) is 0. The SMILES string of the molecule is CCC(CO)(CO)NCCSC. The fourth-order valence-corrected chi connectivity index (χ4v) is 1.23. The van der Waals surface area contributed by atoms with Crippen LogP contribution in [0.4, 0.5) is 0 Å². The first-order chi connectivity index (χ1) is 5.74. The second-order valence-corrected chi connectivity index (χ2v) is 3.86. The van der Waals surface area contributed by atoms with Crippen LogP contribution in [-0.2, 0) is 0 Å². The molecule has 0 rings (SSSR count). The summed E-state index contributed by atoms with van der Waals surface area (Å²) >= 11 is 1.75. The number of aliphatic hydroxyl groups excluding tert-OH is 2. The Morgan fingerprint density at radius 1 is 1.33 bits per heavy atom. The molecular weight excluding hydrogens is 174 g/mol. The molecule has 0 saturated carbocycles. The highest BCUT2D eigenvalue weighted by molar-refractivity contribution is 7.98. The van der Waals surface area contributed by atoms with Crippen LogP contribution in [0.3, 0.4) is 0 Å². The lowest BCUT2D eigenvalue weighted by Gasteiger charge is -2.29. The van der Waals surface area contributed by atoms with Crippen molar-refractivity contribution < 1.29 is 10.2 Å². The molecule has 0 saturated heterocycles. The number of thioether (sulfide) groups is 1. The molecule has 0 aromatic heterocycles. The molecule has 0 aromatic rings. The third kappa shape index (κ3) is 3.76. The summed E-state index contributed by atoms with van der Waals surface area (Å²) < 4.78 is 0. The molecule has 3 nitrogen and oxygen atoms in total. The van der Waals surface area contributed by atoms with E-state index in [1.54, 1.807) is 11.8 Å². The van der Waals surface area contributed by atoms with Gasteiger partial charge in [-0.2, -0.15) is 11.8 Å². The van der Waals surface area contributed by atoms with E-state index in [1.165, 1.54) is 0 Å². The zero-order chi connectivity index (χ0) is 9.45. The van der Waals surface area contributed by atoms with Gasteiger partial charge in [0.1, 0.15) is 0 Å². The average molecular weight is 193 g/mol. The van der Waals surface area contributed by atoms with E-state index in [9.17, 15) is 0 Å². The Labute approximate surface area is 78.6 Å². The van der Waals surface area contributed by atoms with Crippen LogP contribution in [0.15, 0.2) is 0 Å². The summed E-state index contributed by atoms with van der Waals surface area (Å²) in [5.41, 5.74) is -0.476. The zero-order valence-electron chi connectivity index (χ0n) is 7.84. The van der Waals surface area contributed by atoms with Crippen LogP contribution in [0.1, 0.15) is 13.3 Å². The molecule has 0 unspecified atom stereocenters. The van der Waals surface area contributed by atoms with Crippen molar-refractivity contribution in [1.29, 1.82) is 0 Å². The van der Waals surface area contributed by atoms with Crippen molar-refractivity contribution in [1.82, 2.24) is 5.32 Å². The normalized spacial score (nSPS) is 12.0. The molecule has 3 N–H and O–H groups in total. The molecule has 12 heavy (non-hydrogen) atoms. The standard InChI is InChI=1S/C8H19NO2S/c1-3-8(6-10,7-11)9-4-5-12-2/h9-11H,3-7H2,1-2H3. The number of hydrogen-bond acceptors (Lipinski definition) is 4. The van der Waals surface area contributed by atoms with Crippen molar-refractivity contribution in [2.45, 2.75) is 18.9 Å². The molecule has 0 bridgehead atoms. The smallest absolute Gasteiger partial charge is 0.0645 e. The van der Waals surface area contributed by atoms with Crippen LogP contribution in [0.5, 0.6) is 0 Å². The Balaban J connectivity index is 3.76. The van der Waals surface area contributed by atoms with Gasteiger partial charge >= 0.3 is 0 Å². The zero-order valence-corrected chi connectivity index (χ0v) is 8.65. The lowest BCUT2D eigenvalue weighted by molar-refractivity contribution is 0.0896. The van der Waals surface area contributed by atoms with Crippen molar-refractivity contribution in [3.63, 3.8) is 0 Å². The Kier molecular flexibility index (Phi) is 6.84. The molecule has 4 heteroatoms. The van der Waals surface area contributed by atoms with Crippen molar-refractivity contribution in [2.24, 2.45) is 0 Å². The highest BCUT2D eigenvalue weighted by atomic mass is 32.2. The molecule has 0 atom stereocenters. The Morgan fingerprint density at radius 2 is 1.92 bits per heavy atom. The van der Waals surface area contributed by atoms with Gasteiger partial charge in [0.05, 0.1) is 18.8 Å². The molecule has 74 valence electrons. The number of hydrogen-bond donors (Lipinski definition) is 3. The van der Waals surface area contributed by atoms with Crippen LogP contribution >= 0.6 is 11.8 Å². The van der Waals surface area contributed by atoms with E-state index in [-0.39, 0.29) is 13.2 Å². The van der Waals surface area contributed by atoms with Gasteiger partial charge in [0.2, 0.25) is 0 Å². The van der Waals surface area contributed by atoms with Crippen molar-refractivity contribution in [2.75, 3.05) is 31.8 Å². The van der Waals surface area contributed by atoms with Gasteiger partial charge < -0.3 is 15.5 Å². The molecule has 0 aliphatic heterocycles. The van der Waals surface area contributed by atoms with Gasteiger partial charge in [-0.15, -0.1) is 0 Å². The highest BCUT2D eigenvalue weighted by Gasteiger charge is 2.24. The van der Waals surface area contributed by atoms with Gasteiger partial charge in [-0.3, -0.25) is 0 Å². The monoisotopic (exact) mass is 193 g/mol. The third-order valence-corrected chi connectivity index (χ3v) is 2.70. The van der Waals surface area contributed by atoms with Crippen LogP contribution < -0.4 is 5.32 Å².